The van der Waals surface area contributed by atoms with Crippen molar-refractivity contribution in [1.82, 2.24) is 9.55 Å². The van der Waals surface area contributed by atoms with Gasteiger partial charge in [-0.2, -0.15) is 0 Å². The summed E-state index contributed by atoms with van der Waals surface area (Å²) in [6.07, 6.45) is 4.87. The molecule has 3 aromatic carbocycles. The molecule has 204 valence electrons. The van der Waals surface area contributed by atoms with E-state index in [2.05, 4.69) is 52.6 Å². The Morgan fingerprint density at radius 1 is 0.950 bits per heavy atom. The highest BCUT2D eigenvalue weighted by Crippen LogP contribution is 2.53. The van der Waals surface area contributed by atoms with Gasteiger partial charge in [-0.15, -0.1) is 0 Å². The highest BCUT2D eigenvalue weighted by atomic mass is 19.1. The zero-order valence-electron chi connectivity index (χ0n) is 22.8. The summed E-state index contributed by atoms with van der Waals surface area (Å²) in [5, 5.41) is 1.06. The van der Waals surface area contributed by atoms with Crippen molar-refractivity contribution < 1.29 is 18.3 Å². The first-order chi connectivity index (χ1) is 19.5. The van der Waals surface area contributed by atoms with Crippen LogP contribution in [0.4, 0.5) is 10.4 Å². The van der Waals surface area contributed by atoms with Gasteiger partial charge in [-0.1, -0.05) is 50.2 Å². The van der Waals surface area contributed by atoms with Gasteiger partial charge < -0.3 is 23.4 Å². The van der Waals surface area contributed by atoms with Crippen LogP contribution in [-0.4, -0.2) is 29.2 Å². The number of oxazole rings is 1. The molecule has 1 fully saturated rings. The maximum atomic E-state index is 14.0. The second-order valence-electron chi connectivity index (χ2n) is 11.4. The van der Waals surface area contributed by atoms with Crippen molar-refractivity contribution in [2.75, 3.05) is 24.6 Å². The molecule has 5 aromatic rings. The molecule has 1 saturated heterocycles. The van der Waals surface area contributed by atoms with Gasteiger partial charge >= 0.3 is 0 Å². The molecule has 0 atom stereocenters. The first-order valence-corrected chi connectivity index (χ1v) is 13.8. The molecule has 0 saturated carbocycles. The van der Waals surface area contributed by atoms with Gasteiger partial charge in [-0.05, 0) is 54.8 Å². The van der Waals surface area contributed by atoms with Crippen molar-refractivity contribution in [3.05, 3.63) is 108 Å². The fraction of sp³-hybridized carbons (Fsp3) is 0.303. The van der Waals surface area contributed by atoms with E-state index < -0.39 is 5.60 Å². The molecule has 0 amide bonds. The summed E-state index contributed by atoms with van der Waals surface area (Å²) in [7, 11) is 0. The molecule has 4 heterocycles. The lowest BCUT2D eigenvalue weighted by Crippen LogP contribution is -2.50. The largest absolute Gasteiger partial charge is 0.488 e. The molecule has 2 aliphatic heterocycles. The molecule has 0 aliphatic carbocycles. The average molecular weight is 538 g/mol. The maximum Gasteiger partial charge on any atom is 0.297 e. The van der Waals surface area contributed by atoms with Crippen molar-refractivity contribution in [1.29, 1.82) is 0 Å². The molecule has 0 N–H and O–H groups in total. The number of fused-ring (bicyclic) bond motifs is 4. The average Bonchev–Trinajstić information content (AvgIpc) is 3.64. The summed E-state index contributed by atoms with van der Waals surface area (Å²) in [5.41, 5.74) is 4.66. The van der Waals surface area contributed by atoms with E-state index in [-0.39, 0.29) is 11.2 Å². The third kappa shape index (κ3) is 4.07. The number of anilines is 1. The monoisotopic (exact) mass is 537 g/mol. The Hall–Kier alpha value is -4.10. The van der Waals surface area contributed by atoms with E-state index in [1.54, 1.807) is 12.5 Å². The van der Waals surface area contributed by atoms with E-state index in [4.69, 9.17) is 13.9 Å². The molecule has 0 bridgehead atoms. The Balaban J connectivity index is 1.42. The highest BCUT2D eigenvalue weighted by molar-refractivity contribution is 5.94. The summed E-state index contributed by atoms with van der Waals surface area (Å²) < 4.78 is 35.4. The van der Waals surface area contributed by atoms with Gasteiger partial charge in [0.15, 0.2) is 0 Å². The third-order valence-electron chi connectivity index (χ3n) is 8.34. The minimum atomic E-state index is -0.496. The lowest BCUT2D eigenvalue weighted by atomic mass is 9.74. The Morgan fingerprint density at radius 2 is 1.73 bits per heavy atom. The van der Waals surface area contributed by atoms with Gasteiger partial charge in [0.1, 0.15) is 24.4 Å². The second kappa shape index (κ2) is 9.52. The van der Waals surface area contributed by atoms with E-state index in [1.165, 1.54) is 23.4 Å². The maximum absolute atomic E-state index is 14.0. The Kier molecular flexibility index (Phi) is 5.93. The SMILES string of the molecule is CC1(C)COC2(CCN(c3ncco3)CC2)c2c1n(-c1ccc(F)cc1)c1cccc(OCc3ccccc3)c21. The van der Waals surface area contributed by atoms with Crippen LogP contribution in [0.3, 0.4) is 0 Å². The van der Waals surface area contributed by atoms with E-state index in [0.29, 0.717) is 19.2 Å². The standard InChI is InChI=1S/C33H32FN3O3/c1-32(2)22-40-33(15-18-36(19-16-33)31-35-17-20-38-31)29-28-26(37(30(29)32)25-13-11-24(34)12-14-25)9-6-10-27(28)39-21-23-7-4-3-5-8-23/h3-14,17,20H,15-16,18-19,21-22H2,1-2H3. The summed E-state index contributed by atoms with van der Waals surface area (Å²) in [4.78, 5) is 6.55. The number of rotatable bonds is 5. The van der Waals surface area contributed by atoms with Gasteiger partial charge in [0.25, 0.3) is 6.01 Å². The Labute approximate surface area is 233 Å². The molecule has 2 aromatic heterocycles. The Bertz CT molecular complexity index is 1630. The van der Waals surface area contributed by atoms with Gasteiger partial charge in [-0.25, -0.2) is 9.37 Å². The third-order valence-corrected chi connectivity index (χ3v) is 8.34. The summed E-state index contributed by atoms with van der Waals surface area (Å²) >= 11 is 0. The lowest BCUT2D eigenvalue weighted by molar-refractivity contribution is -0.0987. The number of ether oxygens (including phenoxy) is 2. The first kappa shape index (κ1) is 24.9. The van der Waals surface area contributed by atoms with Crippen molar-refractivity contribution in [3.8, 4) is 11.4 Å². The second-order valence-corrected chi connectivity index (χ2v) is 11.4. The summed E-state index contributed by atoms with van der Waals surface area (Å²) in [5.74, 6) is 0.577. The van der Waals surface area contributed by atoms with Crippen LogP contribution in [0.1, 0.15) is 43.5 Å². The van der Waals surface area contributed by atoms with Gasteiger partial charge in [0, 0.05) is 40.8 Å². The molecule has 7 heteroatoms. The van der Waals surface area contributed by atoms with E-state index in [9.17, 15) is 4.39 Å². The van der Waals surface area contributed by atoms with Crippen molar-refractivity contribution in [2.45, 2.75) is 44.3 Å². The molecular weight excluding hydrogens is 505 g/mol. The molecular formula is C33H32FN3O3. The summed E-state index contributed by atoms with van der Waals surface area (Å²) in [6.45, 7) is 7.02. The molecule has 0 unspecified atom stereocenters. The van der Waals surface area contributed by atoms with E-state index >= 15 is 0 Å². The van der Waals surface area contributed by atoms with Crippen LogP contribution in [0.5, 0.6) is 5.75 Å². The van der Waals surface area contributed by atoms with Gasteiger partial charge in [0.05, 0.1) is 23.9 Å². The number of nitrogens with zero attached hydrogens (tertiary/aromatic N) is 3. The molecule has 40 heavy (non-hydrogen) atoms. The van der Waals surface area contributed by atoms with E-state index in [0.717, 1.165) is 53.8 Å². The smallest absolute Gasteiger partial charge is 0.297 e. The van der Waals surface area contributed by atoms with Crippen LogP contribution in [0.25, 0.3) is 16.6 Å². The number of benzene rings is 3. The number of hydrogen-bond donors (Lipinski definition) is 0. The zero-order valence-corrected chi connectivity index (χ0v) is 22.8. The normalized spacial score (nSPS) is 17.7. The number of hydrogen-bond acceptors (Lipinski definition) is 5. The molecule has 7 rings (SSSR count). The van der Waals surface area contributed by atoms with Crippen molar-refractivity contribution in [3.63, 3.8) is 0 Å². The quantitative estimate of drug-likeness (QED) is 0.239. The highest BCUT2D eigenvalue weighted by Gasteiger charge is 2.50. The van der Waals surface area contributed by atoms with Crippen LogP contribution in [0.15, 0.2) is 89.7 Å². The predicted octanol–water partition coefficient (Wildman–Crippen LogP) is 7.14. The first-order valence-electron chi connectivity index (χ1n) is 13.8. The fourth-order valence-electron chi connectivity index (χ4n) is 6.39. The number of piperidine rings is 1. The van der Waals surface area contributed by atoms with Crippen molar-refractivity contribution in [2.24, 2.45) is 0 Å². The van der Waals surface area contributed by atoms with Gasteiger partial charge in [-0.3, -0.25) is 0 Å². The fourth-order valence-corrected chi connectivity index (χ4v) is 6.39. The topological polar surface area (TPSA) is 52.7 Å². The zero-order chi connectivity index (χ0) is 27.3. The predicted molar refractivity (Wildman–Crippen MR) is 153 cm³/mol. The van der Waals surface area contributed by atoms with Crippen LogP contribution in [-0.2, 0) is 22.4 Å². The molecule has 1 spiro atoms. The molecule has 0 radical (unpaired) electrons. The van der Waals surface area contributed by atoms with Crippen LogP contribution >= 0.6 is 0 Å². The number of aromatic nitrogens is 2. The molecule has 2 aliphatic rings. The number of halogens is 1. The minimum absolute atomic E-state index is 0.251. The van der Waals surface area contributed by atoms with Crippen LogP contribution in [0, 0.1) is 5.82 Å². The van der Waals surface area contributed by atoms with Crippen LogP contribution in [0.2, 0.25) is 0 Å². The van der Waals surface area contributed by atoms with Crippen LogP contribution < -0.4 is 9.64 Å². The summed E-state index contributed by atoms with van der Waals surface area (Å²) in [6, 6.07) is 23.9. The lowest BCUT2D eigenvalue weighted by Gasteiger charge is -2.48. The Morgan fingerprint density at radius 3 is 2.45 bits per heavy atom. The van der Waals surface area contributed by atoms with Crippen molar-refractivity contribution >= 4 is 16.9 Å². The van der Waals surface area contributed by atoms with Gasteiger partial charge in [0.2, 0.25) is 0 Å². The van der Waals surface area contributed by atoms with E-state index in [1.807, 2.05) is 36.4 Å². The minimum Gasteiger partial charge on any atom is -0.488 e. The molecule has 6 nitrogen and oxygen atoms in total.